The largest absolute Gasteiger partial charge is 0.393 e. The van der Waals surface area contributed by atoms with Crippen LogP contribution in [0, 0.1) is 5.92 Å². The van der Waals surface area contributed by atoms with E-state index in [0.717, 1.165) is 38.5 Å². The topological polar surface area (TPSA) is 57.5 Å². The van der Waals surface area contributed by atoms with Crippen LogP contribution >= 0.6 is 0 Å². The number of hydrogen-bond acceptors (Lipinski definition) is 3. The first-order chi connectivity index (χ1) is 17.5. The minimum atomic E-state index is -0.405. The Kier molecular flexibility index (Phi) is 27.3. The van der Waals surface area contributed by atoms with Crippen LogP contribution in [0.2, 0.25) is 0 Å². The lowest BCUT2D eigenvalue weighted by atomic mass is 9.95. The predicted octanol–water partition coefficient (Wildman–Crippen LogP) is 10.1. The molecule has 36 heavy (non-hydrogen) atoms. The molecule has 0 rings (SSSR count). The highest BCUT2D eigenvalue weighted by atomic mass is 16.3. The molecule has 0 aliphatic carbocycles. The summed E-state index contributed by atoms with van der Waals surface area (Å²) in [4.78, 5) is 11.6. The van der Waals surface area contributed by atoms with Crippen LogP contribution in [0.1, 0.15) is 188 Å². The van der Waals surface area contributed by atoms with Crippen LogP contribution < -0.4 is 0 Å². The summed E-state index contributed by atoms with van der Waals surface area (Å²) in [5, 5.41) is 20.4. The number of aliphatic hydroxyl groups excluding tert-OH is 2. The highest BCUT2D eigenvalue weighted by Crippen LogP contribution is 2.18. The van der Waals surface area contributed by atoms with Gasteiger partial charge in [-0.25, -0.2) is 0 Å². The van der Waals surface area contributed by atoms with Gasteiger partial charge in [0.05, 0.1) is 12.2 Å². The van der Waals surface area contributed by atoms with Gasteiger partial charge >= 0.3 is 0 Å². The van der Waals surface area contributed by atoms with E-state index in [1.807, 2.05) is 13.8 Å². The Hall–Kier alpha value is -0.410. The van der Waals surface area contributed by atoms with Crippen molar-refractivity contribution in [2.24, 2.45) is 5.92 Å². The van der Waals surface area contributed by atoms with E-state index in [-0.39, 0.29) is 12.0 Å². The zero-order valence-electron chi connectivity index (χ0n) is 24.9. The maximum absolute atomic E-state index is 11.6. The van der Waals surface area contributed by atoms with E-state index in [1.165, 1.54) is 116 Å². The standard InChI is InChI=1S/C33H66O3/c1-4-6-7-8-9-10-11-12-13-14-15-16-17-18-19-20-21-22-23-27-31(34)29-32(35)28-25-24-26-30(3)33(36)5-2/h30-32,34-35H,4-29H2,1-3H3. The van der Waals surface area contributed by atoms with Gasteiger partial charge in [0, 0.05) is 12.3 Å². The molecule has 0 amide bonds. The van der Waals surface area contributed by atoms with E-state index < -0.39 is 6.10 Å². The second kappa shape index (κ2) is 27.6. The number of aliphatic hydroxyl groups is 2. The van der Waals surface area contributed by atoms with Crippen molar-refractivity contribution in [1.29, 1.82) is 0 Å². The monoisotopic (exact) mass is 511 g/mol. The maximum Gasteiger partial charge on any atom is 0.135 e. The van der Waals surface area contributed by atoms with Gasteiger partial charge < -0.3 is 10.2 Å². The van der Waals surface area contributed by atoms with Crippen molar-refractivity contribution in [1.82, 2.24) is 0 Å². The predicted molar refractivity (Wildman–Crippen MR) is 158 cm³/mol. The average Bonchev–Trinajstić information content (AvgIpc) is 2.87. The molecule has 216 valence electrons. The summed E-state index contributed by atoms with van der Waals surface area (Å²) in [7, 11) is 0. The van der Waals surface area contributed by atoms with Crippen molar-refractivity contribution >= 4 is 5.78 Å². The van der Waals surface area contributed by atoms with E-state index >= 15 is 0 Å². The van der Waals surface area contributed by atoms with Crippen molar-refractivity contribution in [3.63, 3.8) is 0 Å². The molecule has 0 aliphatic rings. The van der Waals surface area contributed by atoms with Crippen LogP contribution in [0.25, 0.3) is 0 Å². The van der Waals surface area contributed by atoms with Gasteiger partial charge in [0.15, 0.2) is 0 Å². The van der Waals surface area contributed by atoms with Crippen LogP contribution in [0.3, 0.4) is 0 Å². The lowest BCUT2D eigenvalue weighted by Crippen LogP contribution is -2.17. The van der Waals surface area contributed by atoms with Gasteiger partial charge in [0.25, 0.3) is 0 Å². The first kappa shape index (κ1) is 35.6. The maximum atomic E-state index is 11.6. The zero-order valence-corrected chi connectivity index (χ0v) is 24.9. The molecule has 0 fully saturated rings. The van der Waals surface area contributed by atoms with Crippen molar-refractivity contribution in [3.05, 3.63) is 0 Å². The highest BCUT2D eigenvalue weighted by molar-refractivity contribution is 5.80. The first-order valence-corrected chi connectivity index (χ1v) is 16.4. The Balaban J connectivity index is 3.31. The minimum absolute atomic E-state index is 0.145. The summed E-state index contributed by atoms with van der Waals surface area (Å²) < 4.78 is 0. The van der Waals surface area contributed by atoms with E-state index in [4.69, 9.17) is 0 Å². The van der Waals surface area contributed by atoms with E-state index in [1.54, 1.807) is 0 Å². The number of carbonyl (C=O) groups excluding carboxylic acids is 1. The fourth-order valence-electron chi connectivity index (χ4n) is 5.35. The molecule has 3 unspecified atom stereocenters. The van der Waals surface area contributed by atoms with Crippen molar-refractivity contribution in [2.45, 2.75) is 200 Å². The first-order valence-electron chi connectivity index (χ1n) is 16.4. The molecule has 0 bridgehead atoms. The number of carbonyl (C=O) groups is 1. The Morgan fingerprint density at radius 1 is 0.500 bits per heavy atom. The molecule has 3 nitrogen and oxygen atoms in total. The number of hydrogen-bond donors (Lipinski definition) is 2. The third-order valence-corrected chi connectivity index (χ3v) is 8.01. The molecule has 0 saturated carbocycles. The summed E-state index contributed by atoms with van der Waals surface area (Å²) in [6.07, 6.45) is 31.0. The summed E-state index contributed by atoms with van der Waals surface area (Å²) in [5.41, 5.74) is 0. The number of ketones is 1. The number of Topliss-reactive ketones (excluding diaryl/α,β-unsaturated/α-hetero) is 1. The highest BCUT2D eigenvalue weighted by Gasteiger charge is 2.13. The molecule has 0 spiro atoms. The fraction of sp³-hybridized carbons (Fsp3) is 0.970. The van der Waals surface area contributed by atoms with Crippen LogP contribution in [-0.2, 0) is 4.79 Å². The smallest absolute Gasteiger partial charge is 0.135 e. The lowest BCUT2D eigenvalue weighted by molar-refractivity contribution is -0.122. The molecule has 0 radical (unpaired) electrons. The number of rotatable bonds is 29. The molecule has 0 saturated heterocycles. The molecule has 2 N–H and O–H groups in total. The summed E-state index contributed by atoms with van der Waals surface area (Å²) in [6.45, 7) is 6.22. The summed E-state index contributed by atoms with van der Waals surface area (Å²) in [6, 6.07) is 0. The molecular weight excluding hydrogens is 444 g/mol. The average molecular weight is 511 g/mol. The Bertz CT molecular complexity index is 450. The van der Waals surface area contributed by atoms with Gasteiger partial charge in [0.2, 0.25) is 0 Å². The summed E-state index contributed by atoms with van der Waals surface area (Å²) in [5.74, 6) is 0.484. The van der Waals surface area contributed by atoms with Crippen molar-refractivity contribution < 1.29 is 15.0 Å². The van der Waals surface area contributed by atoms with Gasteiger partial charge in [-0.3, -0.25) is 4.79 Å². The zero-order chi connectivity index (χ0) is 26.7. The second-order valence-electron chi connectivity index (χ2n) is 11.7. The Morgan fingerprint density at radius 2 is 0.806 bits per heavy atom. The van der Waals surface area contributed by atoms with Crippen molar-refractivity contribution in [3.8, 4) is 0 Å². The SMILES string of the molecule is CCCCCCCCCCCCCCCCCCCCCC(O)CC(O)CCCCC(C)C(=O)CC. The third-order valence-electron chi connectivity index (χ3n) is 8.01. The van der Waals surface area contributed by atoms with Crippen molar-refractivity contribution in [2.75, 3.05) is 0 Å². The van der Waals surface area contributed by atoms with Crippen LogP contribution in [-0.4, -0.2) is 28.2 Å². The Morgan fingerprint density at radius 3 is 1.17 bits per heavy atom. The van der Waals surface area contributed by atoms with E-state index in [9.17, 15) is 15.0 Å². The quantitative estimate of drug-likeness (QED) is 0.0984. The summed E-state index contributed by atoms with van der Waals surface area (Å²) >= 11 is 0. The Labute approximate surface area is 226 Å². The van der Waals surface area contributed by atoms with Gasteiger partial charge in [-0.15, -0.1) is 0 Å². The molecule has 0 aromatic heterocycles. The molecule has 0 aromatic rings. The third kappa shape index (κ3) is 25.2. The fourth-order valence-corrected chi connectivity index (χ4v) is 5.35. The van der Waals surface area contributed by atoms with Gasteiger partial charge in [-0.05, 0) is 25.7 Å². The lowest BCUT2D eigenvalue weighted by Gasteiger charge is -2.16. The molecule has 0 heterocycles. The number of unbranched alkanes of at least 4 members (excludes halogenated alkanes) is 19. The molecular formula is C33H66O3. The normalized spacial score (nSPS) is 14.1. The van der Waals surface area contributed by atoms with Gasteiger partial charge in [-0.1, -0.05) is 156 Å². The van der Waals surface area contributed by atoms with Crippen LogP contribution in [0.15, 0.2) is 0 Å². The van der Waals surface area contributed by atoms with E-state index in [0.29, 0.717) is 18.6 Å². The van der Waals surface area contributed by atoms with E-state index in [2.05, 4.69) is 6.92 Å². The van der Waals surface area contributed by atoms with Gasteiger partial charge in [0.1, 0.15) is 5.78 Å². The second-order valence-corrected chi connectivity index (χ2v) is 11.7. The molecule has 0 aromatic carbocycles. The van der Waals surface area contributed by atoms with Crippen LogP contribution in [0.4, 0.5) is 0 Å². The minimum Gasteiger partial charge on any atom is -0.393 e. The molecule has 3 heteroatoms. The van der Waals surface area contributed by atoms with Crippen LogP contribution in [0.5, 0.6) is 0 Å². The molecule has 0 aliphatic heterocycles. The van der Waals surface area contributed by atoms with Gasteiger partial charge in [-0.2, -0.15) is 0 Å². The molecule has 3 atom stereocenters.